The lowest BCUT2D eigenvalue weighted by Crippen LogP contribution is -2.38. The Morgan fingerprint density at radius 3 is 2.70 bits per heavy atom. The fourth-order valence-electron chi connectivity index (χ4n) is 2.42. The van der Waals surface area contributed by atoms with E-state index in [9.17, 15) is 0 Å². The Morgan fingerprint density at radius 1 is 1.11 bits per heavy atom. The van der Waals surface area contributed by atoms with Crippen LogP contribution < -0.4 is 15.4 Å². The molecule has 1 aromatic carbocycles. The fraction of sp³-hybridized carbons (Fsp3) is 0.400. The van der Waals surface area contributed by atoms with Crippen molar-refractivity contribution in [2.24, 2.45) is 4.99 Å². The van der Waals surface area contributed by atoms with Crippen LogP contribution in [0.25, 0.3) is 0 Å². The first kappa shape index (κ1) is 21.0. The summed E-state index contributed by atoms with van der Waals surface area (Å²) in [6.07, 6.45) is 2.53. The molecule has 2 N–H and O–H groups in total. The number of nitrogens with zero attached hydrogens (tertiary/aromatic N) is 2. The van der Waals surface area contributed by atoms with Crippen molar-refractivity contribution in [3.05, 3.63) is 58.7 Å². The number of pyridine rings is 1. The number of aromatic nitrogens is 1. The van der Waals surface area contributed by atoms with Crippen LogP contribution in [-0.2, 0) is 17.7 Å². The average Bonchev–Trinajstić information content (AvgIpc) is 2.68. The molecule has 0 aliphatic heterocycles. The molecule has 0 aliphatic carbocycles. The molecule has 0 saturated heterocycles. The van der Waals surface area contributed by atoms with E-state index >= 15 is 0 Å². The first-order valence-electron chi connectivity index (χ1n) is 9.05. The monoisotopic (exact) mass is 390 g/mol. The van der Waals surface area contributed by atoms with Gasteiger partial charge in [-0.15, -0.1) is 0 Å². The zero-order valence-corrected chi connectivity index (χ0v) is 16.6. The Morgan fingerprint density at radius 2 is 1.93 bits per heavy atom. The predicted octanol–water partition coefficient (Wildman–Crippen LogP) is 3.06. The summed E-state index contributed by atoms with van der Waals surface area (Å²) in [6, 6.07) is 11.7. The molecule has 0 bridgehead atoms. The first-order valence-corrected chi connectivity index (χ1v) is 9.43. The number of hydrogen-bond acceptors (Lipinski definition) is 4. The molecule has 146 valence electrons. The van der Waals surface area contributed by atoms with E-state index in [1.807, 2.05) is 43.3 Å². The standard InChI is InChI=1S/C20H27ClN4O2/c1-3-22-20(24-12-10-16-7-4-5-9-18(16)21)25-15-17-8-6-11-23-19(17)27-14-13-26-2/h4-9,11H,3,10,12-15H2,1-2H3,(H2,22,24,25). The van der Waals surface area contributed by atoms with Gasteiger partial charge < -0.3 is 20.1 Å². The maximum Gasteiger partial charge on any atom is 0.218 e. The number of guanidine groups is 1. The van der Waals surface area contributed by atoms with Crippen molar-refractivity contribution in [1.29, 1.82) is 0 Å². The second kappa shape index (κ2) is 12.1. The molecule has 2 rings (SSSR count). The van der Waals surface area contributed by atoms with Crippen molar-refractivity contribution in [1.82, 2.24) is 15.6 Å². The van der Waals surface area contributed by atoms with Gasteiger partial charge in [-0.05, 0) is 31.0 Å². The second-order valence-electron chi connectivity index (χ2n) is 5.77. The first-order chi connectivity index (χ1) is 13.2. The van der Waals surface area contributed by atoms with E-state index in [0.717, 1.165) is 41.6 Å². The van der Waals surface area contributed by atoms with E-state index < -0.39 is 0 Å². The van der Waals surface area contributed by atoms with Gasteiger partial charge >= 0.3 is 0 Å². The number of ether oxygens (including phenoxy) is 2. The number of benzene rings is 1. The minimum Gasteiger partial charge on any atom is -0.475 e. The molecule has 0 fully saturated rings. The zero-order chi connectivity index (χ0) is 19.3. The SMILES string of the molecule is CCNC(=NCc1cccnc1OCCOC)NCCc1ccccc1Cl. The van der Waals surface area contributed by atoms with E-state index in [0.29, 0.717) is 25.6 Å². The van der Waals surface area contributed by atoms with Gasteiger partial charge in [0.15, 0.2) is 5.96 Å². The van der Waals surface area contributed by atoms with Crippen LogP contribution in [0.1, 0.15) is 18.1 Å². The molecule has 0 atom stereocenters. The van der Waals surface area contributed by atoms with E-state index in [-0.39, 0.29) is 0 Å². The fourth-order valence-corrected chi connectivity index (χ4v) is 2.65. The maximum atomic E-state index is 6.21. The van der Waals surface area contributed by atoms with Gasteiger partial charge in [-0.25, -0.2) is 9.98 Å². The summed E-state index contributed by atoms with van der Waals surface area (Å²) in [6.45, 7) is 5.00. The third kappa shape index (κ3) is 7.45. The molecule has 1 heterocycles. The lowest BCUT2D eigenvalue weighted by molar-refractivity contribution is 0.143. The molecule has 1 aromatic heterocycles. The zero-order valence-electron chi connectivity index (χ0n) is 15.9. The Hall–Kier alpha value is -2.31. The number of hydrogen-bond donors (Lipinski definition) is 2. The van der Waals surface area contributed by atoms with E-state index in [1.54, 1.807) is 13.3 Å². The number of halogens is 1. The average molecular weight is 391 g/mol. The highest BCUT2D eigenvalue weighted by Crippen LogP contribution is 2.16. The van der Waals surface area contributed by atoms with Gasteiger partial charge in [-0.3, -0.25) is 0 Å². The quantitative estimate of drug-likeness (QED) is 0.371. The van der Waals surface area contributed by atoms with Crippen molar-refractivity contribution in [3.8, 4) is 5.88 Å². The minimum atomic E-state index is 0.459. The summed E-state index contributed by atoms with van der Waals surface area (Å²) in [5.41, 5.74) is 2.04. The maximum absolute atomic E-state index is 6.21. The van der Waals surface area contributed by atoms with Crippen molar-refractivity contribution < 1.29 is 9.47 Å². The Labute approximate surface area is 166 Å². The largest absolute Gasteiger partial charge is 0.475 e. The van der Waals surface area contributed by atoms with Crippen molar-refractivity contribution in [2.75, 3.05) is 33.4 Å². The highest BCUT2D eigenvalue weighted by atomic mass is 35.5. The summed E-state index contributed by atoms with van der Waals surface area (Å²) in [5, 5.41) is 7.37. The molecule has 7 heteroatoms. The molecule has 0 amide bonds. The van der Waals surface area contributed by atoms with Crippen LogP contribution in [0.15, 0.2) is 47.6 Å². The normalized spacial score (nSPS) is 11.3. The van der Waals surface area contributed by atoms with Crippen LogP contribution in [0.5, 0.6) is 5.88 Å². The molecule has 0 saturated carbocycles. The van der Waals surface area contributed by atoms with Crippen molar-refractivity contribution in [3.63, 3.8) is 0 Å². The van der Waals surface area contributed by atoms with Crippen LogP contribution in [0, 0.1) is 0 Å². The molecule has 0 spiro atoms. The summed E-state index contributed by atoms with van der Waals surface area (Å²) in [5.74, 6) is 1.33. The molecule has 27 heavy (non-hydrogen) atoms. The van der Waals surface area contributed by atoms with Crippen LogP contribution in [-0.4, -0.2) is 44.4 Å². The minimum absolute atomic E-state index is 0.459. The van der Waals surface area contributed by atoms with Crippen LogP contribution in [0.4, 0.5) is 0 Å². The molecule has 6 nitrogen and oxygen atoms in total. The smallest absolute Gasteiger partial charge is 0.218 e. The number of methoxy groups -OCH3 is 1. The van der Waals surface area contributed by atoms with Gasteiger partial charge in [0.25, 0.3) is 0 Å². The molecular formula is C20H27ClN4O2. The Bertz CT molecular complexity index is 725. The van der Waals surface area contributed by atoms with Gasteiger partial charge in [0, 0.05) is 37.0 Å². The van der Waals surface area contributed by atoms with E-state index in [4.69, 9.17) is 21.1 Å². The highest BCUT2D eigenvalue weighted by Gasteiger charge is 2.06. The Kier molecular flexibility index (Phi) is 9.44. The van der Waals surface area contributed by atoms with Crippen molar-refractivity contribution in [2.45, 2.75) is 19.9 Å². The van der Waals surface area contributed by atoms with Gasteiger partial charge in [0.05, 0.1) is 13.2 Å². The van der Waals surface area contributed by atoms with Crippen LogP contribution in [0.2, 0.25) is 5.02 Å². The highest BCUT2D eigenvalue weighted by molar-refractivity contribution is 6.31. The predicted molar refractivity (Wildman–Crippen MR) is 110 cm³/mol. The second-order valence-corrected chi connectivity index (χ2v) is 6.18. The molecule has 0 unspecified atom stereocenters. The van der Waals surface area contributed by atoms with Gasteiger partial charge in [-0.1, -0.05) is 35.9 Å². The summed E-state index contributed by atoms with van der Waals surface area (Å²) in [4.78, 5) is 8.92. The summed E-state index contributed by atoms with van der Waals surface area (Å²) < 4.78 is 10.7. The molecule has 0 radical (unpaired) electrons. The molecular weight excluding hydrogens is 364 g/mol. The summed E-state index contributed by atoms with van der Waals surface area (Å²) in [7, 11) is 1.64. The Balaban J connectivity index is 1.94. The molecule has 2 aromatic rings. The number of nitrogens with one attached hydrogen (secondary N) is 2. The summed E-state index contributed by atoms with van der Waals surface area (Å²) >= 11 is 6.21. The molecule has 0 aliphatic rings. The topological polar surface area (TPSA) is 67.8 Å². The number of aliphatic imine (C=N–C) groups is 1. The van der Waals surface area contributed by atoms with Gasteiger partial charge in [-0.2, -0.15) is 0 Å². The van der Waals surface area contributed by atoms with Gasteiger partial charge in [0.2, 0.25) is 5.88 Å². The lowest BCUT2D eigenvalue weighted by atomic mass is 10.1. The third-order valence-corrected chi connectivity index (χ3v) is 4.14. The lowest BCUT2D eigenvalue weighted by Gasteiger charge is -2.13. The van der Waals surface area contributed by atoms with Crippen LogP contribution >= 0.6 is 11.6 Å². The number of rotatable bonds is 10. The van der Waals surface area contributed by atoms with Crippen LogP contribution in [0.3, 0.4) is 0 Å². The van der Waals surface area contributed by atoms with E-state index in [2.05, 4.69) is 20.6 Å². The van der Waals surface area contributed by atoms with Gasteiger partial charge in [0.1, 0.15) is 6.61 Å². The van der Waals surface area contributed by atoms with E-state index in [1.165, 1.54) is 0 Å². The van der Waals surface area contributed by atoms with Crippen molar-refractivity contribution >= 4 is 17.6 Å². The third-order valence-electron chi connectivity index (χ3n) is 3.77.